The molecule has 1 spiro atoms. The van der Waals surface area contributed by atoms with Crippen molar-refractivity contribution in [3.8, 4) is 39.4 Å². The van der Waals surface area contributed by atoms with Crippen molar-refractivity contribution in [2.75, 3.05) is 0 Å². The summed E-state index contributed by atoms with van der Waals surface area (Å²) in [7, 11) is 0. The van der Waals surface area contributed by atoms with Crippen LogP contribution in [0.5, 0.6) is 11.5 Å². The van der Waals surface area contributed by atoms with Gasteiger partial charge in [0.05, 0.1) is 16.4 Å². The zero-order chi connectivity index (χ0) is 32.1. The summed E-state index contributed by atoms with van der Waals surface area (Å²) in [5.41, 5.74) is 12.9. The topological polar surface area (TPSA) is 14.2 Å². The molecule has 0 saturated carbocycles. The maximum absolute atomic E-state index is 6.71. The number of aromatic nitrogens is 1. The minimum Gasteiger partial charge on any atom is -0.457 e. The second kappa shape index (κ2) is 9.82. The van der Waals surface area contributed by atoms with Gasteiger partial charge in [-0.2, -0.15) is 0 Å². The van der Waals surface area contributed by atoms with Crippen molar-refractivity contribution in [1.29, 1.82) is 0 Å². The molecule has 49 heavy (non-hydrogen) atoms. The molecule has 1 aromatic heterocycles. The van der Waals surface area contributed by atoms with Gasteiger partial charge in [0.15, 0.2) is 0 Å². The smallest absolute Gasteiger partial charge is 0.132 e. The predicted octanol–water partition coefficient (Wildman–Crippen LogP) is 12.1. The standard InChI is InChI=1S/C47H29NO/c1-2-13-33(14-3-1)48-42-26-23-30-12-4-5-15-34(30)46(42)37-25-22-32(29-43(37)48)31-24-27-45-41(28-31)47(40-20-10-11-21-44(40)49-45)38-18-8-6-16-35(38)36-17-7-9-19-39(36)47/h1-29H. The fourth-order valence-corrected chi connectivity index (χ4v) is 8.86. The van der Waals surface area contributed by atoms with Crippen LogP contribution in [0.15, 0.2) is 176 Å². The number of para-hydroxylation sites is 2. The van der Waals surface area contributed by atoms with Crippen molar-refractivity contribution in [2.24, 2.45) is 0 Å². The van der Waals surface area contributed by atoms with Crippen molar-refractivity contribution in [3.05, 3.63) is 198 Å². The fraction of sp³-hybridized carbons (Fsp3) is 0.0213. The molecule has 0 amide bonds. The summed E-state index contributed by atoms with van der Waals surface area (Å²) >= 11 is 0. The molecule has 0 fully saturated rings. The quantitative estimate of drug-likeness (QED) is 0.187. The lowest BCUT2D eigenvalue weighted by Gasteiger charge is -2.39. The Hall–Kier alpha value is -6.38. The lowest BCUT2D eigenvalue weighted by Crippen LogP contribution is -2.32. The van der Waals surface area contributed by atoms with Crippen LogP contribution in [0, 0.1) is 0 Å². The molecular weight excluding hydrogens is 595 g/mol. The van der Waals surface area contributed by atoms with Crippen LogP contribution in [-0.2, 0) is 5.41 Å². The zero-order valence-electron chi connectivity index (χ0n) is 26.6. The first-order chi connectivity index (χ1) is 24.3. The van der Waals surface area contributed by atoms with E-state index >= 15 is 0 Å². The molecule has 0 saturated heterocycles. The Labute approximate surface area is 284 Å². The maximum atomic E-state index is 6.71. The van der Waals surface area contributed by atoms with E-state index in [1.54, 1.807) is 0 Å². The van der Waals surface area contributed by atoms with Crippen LogP contribution in [0.1, 0.15) is 22.3 Å². The van der Waals surface area contributed by atoms with E-state index in [0.717, 1.165) is 17.2 Å². The Morgan fingerprint density at radius 2 is 1.04 bits per heavy atom. The molecule has 228 valence electrons. The second-order valence-corrected chi connectivity index (χ2v) is 13.2. The monoisotopic (exact) mass is 623 g/mol. The molecule has 1 aliphatic carbocycles. The maximum Gasteiger partial charge on any atom is 0.132 e. The lowest BCUT2D eigenvalue weighted by atomic mass is 9.66. The Kier molecular flexibility index (Phi) is 5.34. The zero-order valence-corrected chi connectivity index (χ0v) is 26.6. The number of hydrogen-bond acceptors (Lipinski definition) is 1. The van der Waals surface area contributed by atoms with E-state index < -0.39 is 5.41 Å². The first-order valence-corrected chi connectivity index (χ1v) is 16.9. The van der Waals surface area contributed by atoms with Crippen LogP contribution in [0.2, 0.25) is 0 Å². The highest BCUT2D eigenvalue weighted by Crippen LogP contribution is 2.62. The van der Waals surface area contributed by atoms with E-state index in [1.807, 2.05) is 0 Å². The third-order valence-electron chi connectivity index (χ3n) is 10.9. The molecule has 2 aliphatic rings. The first kappa shape index (κ1) is 26.7. The molecule has 1 aliphatic heterocycles. The number of nitrogens with zero attached hydrogens (tertiary/aromatic N) is 1. The number of ether oxygens (including phenoxy) is 1. The summed E-state index contributed by atoms with van der Waals surface area (Å²) in [6, 6.07) is 64.1. The summed E-state index contributed by atoms with van der Waals surface area (Å²) in [6.07, 6.45) is 0. The van der Waals surface area contributed by atoms with E-state index in [1.165, 1.54) is 77.1 Å². The van der Waals surface area contributed by atoms with Gasteiger partial charge < -0.3 is 9.30 Å². The number of fused-ring (bicyclic) bond motifs is 14. The lowest BCUT2D eigenvalue weighted by molar-refractivity contribution is 0.436. The summed E-state index contributed by atoms with van der Waals surface area (Å²) in [5.74, 6) is 1.81. The van der Waals surface area contributed by atoms with Gasteiger partial charge in [0, 0.05) is 27.6 Å². The Balaban J connectivity index is 1.20. The van der Waals surface area contributed by atoms with Gasteiger partial charge in [0.1, 0.15) is 11.5 Å². The number of rotatable bonds is 2. The van der Waals surface area contributed by atoms with Gasteiger partial charge in [0.25, 0.3) is 0 Å². The highest BCUT2D eigenvalue weighted by Gasteiger charge is 2.51. The first-order valence-electron chi connectivity index (χ1n) is 16.9. The third kappa shape index (κ3) is 3.50. The Morgan fingerprint density at radius 3 is 1.86 bits per heavy atom. The normalized spacial score (nSPS) is 13.6. The van der Waals surface area contributed by atoms with E-state index in [0.29, 0.717) is 0 Å². The summed E-state index contributed by atoms with van der Waals surface area (Å²) < 4.78 is 9.13. The fourth-order valence-electron chi connectivity index (χ4n) is 8.86. The molecule has 0 bridgehead atoms. The van der Waals surface area contributed by atoms with Gasteiger partial charge in [-0.1, -0.05) is 133 Å². The second-order valence-electron chi connectivity index (χ2n) is 13.2. The van der Waals surface area contributed by atoms with Crippen LogP contribution >= 0.6 is 0 Å². The molecule has 0 unspecified atom stereocenters. The summed E-state index contributed by atoms with van der Waals surface area (Å²) in [5, 5.41) is 5.07. The number of hydrogen-bond donors (Lipinski definition) is 0. The molecule has 11 rings (SSSR count). The van der Waals surface area contributed by atoms with E-state index in [-0.39, 0.29) is 0 Å². The van der Waals surface area contributed by atoms with E-state index in [2.05, 4.69) is 180 Å². The van der Waals surface area contributed by atoms with Crippen LogP contribution < -0.4 is 4.74 Å². The molecule has 2 heterocycles. The van der Waals surface area contributed by atoms with Gasteiger partial charge >= 0.3 is 0 Å². The van der Waals surface area contributed by atoms with Crippen LogP contribution in [0.4, 0.5) is 0 Å². The predicted molar refractivity (Wildman–Crippen MR) is 201 cm³/mol. The molecule has 9 aromatic rings. The highest BCUT2D eigenvalue weighted by molar-refractivity contribution is 6.21. The third-order valence-corrected chi connectivity index (χ3v) is 10.9. The molecule has 2 heteroatoms. The van der Waals surface area contributed by atoms with Crippen molar-refractivity contribution >= 4 is 32.6 Å². The molecule has 0 N–H and O–H groups in total. The van der Waals surface area contributed by atoms with Gasteiger partial charge in [0.2, 0.25) is 0 Å². The Morgan fingerprint density at radius 1 is 0.408 bits per heavy atom. The molecule has 2 nitrogen and oxygen atoms in total. The van der Waals surface area contributed by atoms with Gasteiger partial charge in [-0.05, 0) is 86.6 Å². The molecule has 0 atom stereocenters. The SMILES string of the molecule is c1ccc(-n2c3cc(-c4ccc5c(c4)C4(c6ccccc6O5)c5ccccc5-c5ccccc54)ccc3c3c4ccccc4ccc32)cc1. The van der Waals surface area contributed by atoms with Crippen molar-refractivity contribution in [1.82, 2.24) is 4.57 Å². The average Bonchev–Trinajstić information content (AvgIpc) is 3.66. The average molecular weight is 624 g/mol. The minimum absolute atomic E-state index is 0.491. The minimum atomic E-state index is -0.491. The van der Waals surface area contributed by atoms with Gasteiger partial charge in [-0.3, -0.25) is 0 Å². The van der Waals surface area contributed by atoms with Crippen LogP contribution in [0.3, 0.4) is 0 Å². The summed E-state index contributed by atoms with van der Waals surface area (Å²) in [4.78, 5) is 0. The highest BCUT2D eigenvalue weighted by atomic mass is 16.5. The van der Waals surface area contributed by atoms with Crippen LogP contribution in [0.25, 0.3) is 60.5 Å². The largest absolute Gasteiger partial charge is 0.457 e. The Bertz CT molecular complexity index is 2760. The van der Waals surface area contributed by atoms with Gasteiger partial charge in [-0.15, -0.1) is 0 Å². The van der Waals surface area contributed by atoms with Crippen molar-refractivity contribution in [2.45, 2.75) is 5.41 Å². The van der Waals surface area contributed by atoms with Crippen molar-refractivity contribution < 1.29 is 4.74 Å². The molecule has 8 aromatic carbocycles. The van der Waals surface area contributed by atoms with Gasteiger partial charge in [-0.25, -0.2) is 0 Å². The van der Waals surface area contributed by atoms with E-state index in [9.17, 15) is 0 Å². The van der Waals surface area contributed by atoms with E-state index in [4.69, 9.17) is 4.74 Å². The number of benzene rings is 8. The molecule has 0 radical (unpaired) electrons. The van der Waals surface area contributed by atoms with Crippen molar-refractivity contribution in [3.63, 3.8) is 0 Å². The van der Waals surface area contributed by atoms with Crippen LogP contribution in [-0.4, -0.2) is 4.57 Å². The summed E-state index contributed by atoms with van der Waals surface area (Å²) in [6.45, 7) is 0. The molecular formula is C47H29NO.